The lowest BCUT2D eigenvalue weighted by Crippen LogP contribution is -2.17. The van der Waals surface area contributed by atoms with Crippen molar-refractivity contribution in [1.82, 2.24) is 0 Å². The van der Waals surface area contributed by atoms with E-state index in [1.807, 2.05) is 19.1 Å². The zero-order valence-corrected chi connectivity index (χ0v) is 11.6. The zero-order valence-electron chi connectivity index (χ0n) is 11.6. The van der Waals surface area contributed by atoms with Crippen molar-refractivity contribution in [3.63, 3.8) is 0 Å². The van der Waals surface area contributed by atoms with Crippen LogP contribution in [0.15, 0.2) is 12.1 Å². The molecule has 0 spiro atoms. The van der Waals surface area contributed by atoms with E-state index in [2.05, 4.69) is 12.2 Å². The number of ether oxygens (including phenoxy) is 2. The zero-order chi connectivity index (χ0) is 13.5. The van der Waals surface area contributed by atoms with Crippen molar-refractivity contribution in [3.8, 4) is 11.5 Å². The Hall–Kier alpha value is -1.42. The minimum Gasteiger partial charge on any atom is -0.496 e. The maximum absolute atomic E-state index is 9.18. The first kappa shape index (κ1) is 14.6. The maximum Gasteiger partial charge on any atom is 0.148 e. The number of rotatable bonds is 7. The van der Waals surface area contributed by atoms with Crippen molar-refractivity contribution in [1.29, 1.82) is 0 Å². The SMILES string of the molecule is CCC(CO)CNc1ccc(OC)c(C)c1OC. The largest absolute Gasteiger partial charge is 0.496 e. The van der Waals surface area contributed by atoms with Crippen LogP contribution in [-0.4, -0.2) is 32.5 Å². The van der Waals surface area contributed by atoms with Crippen LogP contribution in [-0.2, 0) is 0 Å². The third-order valence-corrected chi connectivity index (χ3v) is 3.20. The van der Waals surface area contributed by atoms with Gasteiger partial charge in [0, 0.05) is 18.7 Å². The molecule has 0 fully saturated rings. The van der Waals surface area contributed by atoms with E-state index >= 15 is 0 Å². The van der Waals surface area contributed by atoms with Gasteiger partial charge in [-0.05, 0) is 31.4 Å². The van der Waals surface area contributed by atoms with Crippen molar-refractivity contribution in [2.24, 2.45) is 5.92 Å². The van der Waals surface area contributed by atoms with E-state index in [9.17, 15) is 5.11 Å². The van der Waals surface area contributed by atoms with E-state index in [0.29, 0.717) is 0 Å². The Kier molecular flexibility index (Phi) is 5.78. The number of aliphatic hydroxyl groups excluding tert-OH is 1. The van der Waals surface area contributed by atoms with Crippen LogP contribution < -0.4 is 14.8 Å². The Balaban J connectivity index is 2.86. The third kappa shape index (κ3) is 3.29. The first-order valence-corrected chi connectivity index (χ1v) is 6.24. The summed E-state index contributed by atoms with van der Waals surface area (Å²) in [5.41, 5.74) is 1.91. The lowest BCUT2D eigenvalue weighted by molar-refractivity contribution is 0.230. The molecular weight excluding hydrogens is 230 g/mol. The quantitative estimate of drug-likeness (QED) is 0.783. The standard InChI is InChI=1S/C14H23NO3/c1-5-11(9-16)8-15-12-6-7-13(17-3)10(2)14(12)18-4/h6-7,11,15-16H,5,8-9H2,1-4H3. The Morgan fingerprint density at radius 2 is 2.00 bits per heavy atom. The highest BCUT2D eigenvalue weighted by atomic mass is 16.5. The fourth-order valence-electron chi connectivity index (χ4n) is 1.89. The van der Waals surface area contributed by atoms with Gasteiger partial charge in [0.15, 0.2) is 0 Å². The summed E-state index contributed by atoms with van der Waals surface area (Å²) in [6.45, 7) is 4.96. The van der Waals surface area contributed by atoms with Gasteiger partial charge < -0.3 is 19.9 Å². The number of methoxy groups -OCH3 is 2. The lowest BCUT2D eigenvalue weighted by Gasteiger charge is -2.18. The number of benzene rings is 1. The van der Waals surface area contributed by atoms with Crippen LogP contribution in [0.4, 0.5) is 5.69 Å². The van der Waals surface area contributed by atoms with E-state index < -0.39 is 0 Å². The molecule has 1 rings (SSSR count). The number of anilines is 1. The van der Waals surface area contributed by atoms with Gasteiger partial charge in [-0.25, -0.2) is 0 Å². The third-order valence-electron chi connectivity index (χ3n) is 3.20. The minimum atomic E-state index is 0.195. The summed E-state index contributed by atoms with van der Waals surface area (Å²) in [6.07, 6.45) is 0.945. The maximum atomic E-state index is 9.18. The van der Waals surface area contributed by atoms with Gasteiger partial charge in [-0.15, -0.1) is 0 Å². The number of aliphatic hydroxyl groups is 1. The average molecular weight is 253 g/mol. The van der Waals surface area contributed by atoms with Crippen LogP contribution in [0.2, 0.25) is 0 Å². The summed E-state index contributed by atoms with van der Waals surface area (Å²) in [4.78, 5) is 0. The first-order valence-electron chi connectivity index (χ1n) is 6.24. The molecule has 18 heavy (non-hydrogen) atoms. The molecule has 0 aromatic heterocycles. The van der Waals surface area contributed by atoms with Gasteiger partial charge in [0.2, 0.25) is 0 Å². The number of hydrogen-bond acceptors (Lipinski definition) is 4. The van der Waals surface area contributed by atoms with Gasteiger partial charge in [-0.2, -0.15) is 0 Å². The fourth-order valence-corrected chi connectivity index (χ4v) is 1.89. The summed E-state index contributed by atoms with van der Waals surface area (Å²) >= 11 is 0. The second kappa shape index (κ2) is 7.11. The van der Waals surface area contributed by atoms with Crippen LogP contribution in [0, 0.1) is 12.8 Å². The lowest BCUT2D eigenvalue weighted by atomic mass is 10.1. The molecule has 0 aliphatic carbocycles. The van der Waals surface area contributed by atoms with Gasteiger partial charge in [-0.3, -0.25) is 0 Å². The molecule has 0 aliphatic heterocycles. The molecule has 0 radical (unpaired) electrons. The molecular formula is C14H23NO3. The molecule has 1 atom stereocenters. The monoisotopic (exact) mass is 253 g/mol. The van der Waals surface area contributed by atoms with Crippen LogP contribution in [0.25, 0.3) is 0 Å². The van der Waals surface area contributed by atoms with E-state index in [-0.39, 0.29) is 12.5 Å². The Labute approximate surface area is 109 Å². The smallest absolute Gasteiger partial charge is 0.148 e. The molecule has 0 saturated carbocycles. The second-order valence-corrected chi connectivity index (χ2v) is 4.31. The molecule has 0 aliphatic rings. The molecule has 102 valence electrons. The van der Waals surface area contributed by atoms with Crippen molar-refractivity contribution in [3.05, 3.63) is 17.7 Å². The molecule has 1 unspecified atom stereocenters. The highest BCUT2D eigenvalue weighted by molar-refractivity contribution is 5.63. The van der Waals surface area contributed by atoms with Crippen molar-refractivity contribution >= 4 is 5.69 Å². The summed E-state index contributed by atoms with van der Waals surface area (Å²) in [5.74, 6) is 1.87. The molecule has 4 heteroatoms. The average Bonchev–Trinajstić information content (AvgIpc) is 2.40. The van der Waals surface area contributed by atoms with Crippen LogP contribution in [0.3, 0.4) is 0 Å². The van der Waals surface area contributed by atoms with Crippen molar-refractivity contribution in [2.75, 3.05) is 32.7 Å². The Morgan fingerprint density at radius 1 is 1.28 bits per heavy atom. The minimum absolute atomic E-state index is 0.195. The predicted octanol–water partition coefficient (Wildman–Crippen LogP) is 2.44. The summed E-state index contributed by atoms with van der Waals surface area (Å²) in [6, 6.07) is 3.86. The van der Waals surface area contributed by atoms with Gasteiger partial charge in [0.1, 0.15) is 11.5 Å². The molecule has 1 aromatic rings. The molecule has 0 bridgehead atoms. The summed E-state index contributed by atoms with van der Waals surface area (Å²) < 4.78 is 10.7. The van der Waals surface area contributed by atoms with Gasteiger partial charge in [-0.1, -0.05) is 6.92 Å². The van der Waals surface area contributed by atoms with E-state index in [1.54, 1.807) is 14.2 Å². The van der Waals surface area contributed by atoms with Gasteiger partial charge in [0.05, 0.1) is 19.9 Å². The van der Waals surface area contributed by atoms with Crippen LogP contribution >= 0.6 is 0 Å². The van der Waals surface area contributed by atoms with Crippen molar-refractivity contribution < 1.29 is 14.6 Å². The predicted molar refractivity (Wildman–Crippen MR) is 73.6 cm³/mol. The summed E-state index contributed by atoms with van der Waals surface area (Å²) in [7, 11) is 3.30. The van der Waals surface area contributed by atoms with Gasteiger partial charge in [0.25, 0.3) is 0 Å². The highest BCUT2D eigenvalue weighted by Gasteiger charge is 2.12. The van der Waals surface area contributed by atoms with E-state index in [0.717, 1.165) is 35.7 Å². The topological polar surface area (TPSA) is 50.7 Å². The normalized spacial score (nSPS) is 12.1. The summed E-state index contributed by atoms with van der Waals surface area (Å²) in [5, 5.41) is 12.5. The van der Waals surface area contributed by atoms with Gasteiger partial charge >= 0.3 is 0 Å². The molecule has 2 N–H and O–H groups in total. The van der Waals surface area contributed by atoms with Crippen molar-refractivity contribution in [2.45, 2.75) is 20.3 Å². The Morgan fingerprint density at radius 3 is 2.50 bits per heavy atom. The first-order chi connectivity index (χ1) is 8.67. The molecule has 0 saturated heterocycles. The molecule has 0 amide bonds. The molecule has 0 heterocycles. The van der Waals surface area contributed by atoms with Crippen LogP contribution in [0.5, 0.6) is 11.5 Å². The van der Waals surface area contributed by atoms with E-state index in [4.69, 9.17) is 9.47 Å². The highest BCUT2D eigenvalue weighted by Crippen LogP contribution is 2.34. The second-order valence-electron chi connectivity index (χ2n) is 4.31. The van der Waals surface area contributed by atoms with Crippen LogP contribution in [0.1, 0.15) is 18.9 Å². The van der Waals surface area contributed by atoms with E-state index in [1.165, 1.54) is 0 Å². The fraction of sp³-hybridized carbons (Fsp3) is 0.571. The Bertz CT molecular complexity index is 376. The number of nitrogens with one attached hydrogen (secondary N) is 1. The molecule has 4 nitrogen and oxygen atoms in total. The number of hydrogen-bond donors (Lipinski definition) is 2. The molecule has 1 aromatic carbocycles.